The van der Waals surface area contributed by atoms with Gasteiger partial charge in [-0.3, -0.25) is 4.79 Å². The summed E-state index contributed by atoms with van der Waals surface area (Å²) in [6.07, 6.45) is 6.22. The van der Waals surface area contributed by atoms with Crippen molar-refractivity contribution in [1.82, 2.24) is 0 Å². The van der Waals surface area contributed by atoms with Gasteiger partial charge in [0.2, 0.25) is 0 Å². The maximum absolute atomic E-state index is 11.2. The lowest BCUT2D eigenvalue weighted by atomic mass is 9.71. The van der Waals surface area contributed by atoms with Crippen molar-refractivity contribution in [1.29, 1.82) is 0 Å². The average molecular weight is 306 g/mol. The second-order valence-corrected chi connectivity index (χ2v) is 6.69. The quantitative estimate of drug-likeness (QED) is 0.440. The fraction of sp³-hybridized carbons (Fsp3) is 0.667. The number of esters is 1. The number of hydrogen-bond donors (Lipinski definition) is 0. The maximum atomic E-state index is 11.2. The highest BCUT2D eigenvalue weighted by atomic mass is 16.7. The molecule has 0 N–H and O–H groups in total. The molecule has 0 aromatic heterocycles. The molecular weight excluding hydrogens is 280 g/mol. The van der Waals surface area contributed by atoms with Crippen molar-refractivity contribution in [3.63, 3.8) is 0 Å². The Kier molecular flexibility index (Phi) is 5.43. The molecule has 2 aliphatic rings. The summed E-state index contributed by atoms with van der Waals surface area (Å²) in [7, 11) is 0. The standard InChI is InChI=1S/C18H26O4/c1-11(10-21-18(20)22-14(4)19)9-15-7-5-12(2)16-8-6-13(3)17(15)16/h9,12,15-16H,5-8,10H2,1-4H3/b11-9-/t12?,15-,16?/m0/s1. The lowest BCUT2D eigenvalue weighted by molar-refractivity contribution is -0.137. The molecule has 22 heavy (non-hydrogen) atoms. The van der Waals surface area contributed by atoms with Gasteiger partial charge >= 0.3 is 12.1 Å². The number of allylic oxidation sites excluding steroid dienone is 3. The first-order valence-electron chi connectivity index (χ1n) is 8.10. The fourth-order valence-corrected chi connectivity index (χ4v) is 3.85. The Labute approximate surface area is 132 Å². The van der Waals surface area contributed by atoms with Crippen molar-refractivity contribution in [2.45, 2.75) is 53.4 Å². The van der Waals surface area contributed by atoms with Gasteiger partial charge in [-0.1, -0.05) is 24.1 Å². The molecule has 4 heteroatoms. The molecule has 122 valence electrons. The first kappa shape index (κ1) is 16.8. The van der Waals surface area contributed by atoms with Crippen LogP contribution in [0.15, 0.2) is 22.8 Å². The van der Waals surface area contributed by atoms with Gasteiger partial charge in [0.05, 0.1) is 0 Å². The van der Waals surface area contributed by atoms with Gasteiger partial charge in [-0.2, -0.15) is 0 Å². The van der Waals surface area contributed by atoms with Crippen molar-refractivity contribution in [2.24, 2.45) is 17.8 Å². The number of ether oxygens (including phenoxy) is 2. The zero-order chi connectivity index (χ0) is 16.3. The second-order valence-electron chi connectivity index (χ2n) is 6.69. The van der Waals surface area contributed by atoms with Crippen molar-refractivity contribution in [2.75, 3.05) is 6.61 Å². The molecule has 2 rings (SSSR count). The van der Waals surface area contributed by atoms with Gasteiger partial charge in [-0.25, -0.2) is 4.79 Å². The van der Waals surface area contributed by atoms with Crippen molar-refractivity contribution in [3.05, 3.63) is 22.8 Å². The highest BCUT2D eigenvalue weighted by Crippen LogP contribution is 2.48. The van der Waals surface area contributed by atoms with E-state index < -0.39 is 12.1 Å². The van der Waals surface area contributed by atoms with Crippen LogP contribution in [0.25, 0.3) is 0 Å². The highest BCUT2D eigenvalue weighted by Gasteiger charge is 2.35. The van der Waals surface area contributed by atoms with E-state index in [0.717, 1.165) is 17.4 Å². The van der Waals surface area contributed by atoms with E-state index in [1.165, 1.54) is 32.6 Å². The monoisotopic (exact) mass is 306 g/mol. The molecule has 2 unspecified atom stereocenters. The minimum atomic E-state index is -0.924. The number of carbonyl (C=O) groups is 2. The minimum absolute atomic E-state index is 0.176. The first-order valence-corrected chi connectivity index (χ1v) is 8.10. The topological polar surface area (TPSA) is 52.6 Å². The van der Waals surface area contributed by atoms with Crippen LogP contribution in [0.5, 0.6) is 0 Å². The molecule has 3 atom stereocenters. The SMILES string of the molecule is CC(=O)OC(=O)OC/C(C)=C\[C@@H]1CCC(C)C2CCC(C)=C21. The van der Waals surface area contributed by atoms with Crippen LogP contribution < -0.4 is 0 Å². The van der Waals surface area contributed by atoms with Crippen LogP contribution in [0.3, 0.4) is 0 Å². The third-order valence-corrected chi connectivity index (χ3v) is 4.87. The Morgan fingerprint density at radius 1 is 1.23 bits per heavy atom. The third-order valence-electron chi connectivity index (χ3n) is 4.87. The predicted octanol–water partition coefficient (Wildman–Crippen LogP) is 4.41. The predicted molar refractivity (Wildman–Crippen MR) is 84.2 cm³/mol. The Hall–Kier alpha value is -1.58. The summed E-state index contributed by atoms with van der Waals surface area (Å²) in [5.41, 5.74) is 4.16. The minimum Gasteiger partial charge on any atom is -0.429 e. The molecule has 4 nitrogen and oxygen atoms in total. The summed E-state index contributed by atoms with van der Waals surface area (Å²) >= 11 is 0. The van der Waals surface area contributed by atoms with Gasteiger partial charge in [0.15, 0.2) is 0 Å². The van der Waals surface area contributed by atoms with E-state index in [4.69, 9.17) is 4.74 Å². The van der Waals surface area contributed by atoms with Crippen LogP contribution in [-0.4, -0.2) is 18.7 Å². The molecule has 0 heterocycles. The summed E-state index contributed by atoms with van der Waals surface area (Å²) < 4.78 is 9.30. The molecule has 0 amide bonds. The van der Waals surface area contributed by atoms with Gasteiger partial charge in [0, 0.05) is 6.92 Å². The zero-order valence-electron chi connectivity index (χ0n) is 14.0. The summed E-state index contributed by atoms with van der Waals surface area (Å²) in [4.78, 5) is 21.9. The van der Waals surface area contributed by atoms with E-state index in [0.29, 0.717) is 5.92 Å². The molecule has 2 aliphatic carbocycles. The van der Waals surface area contributed by atoms with Crippen molar-refractivity contribution in [3.8, 4) is 0 Å². The van der Waals surface area contributed by atoms with E-state index in [9.17, 15) is 9.59 Å². The summed E-state index contributed by atoms with van der Waals surface area (Å²) in [6, 6.07) is 0. The van der Waals surface area contributed by atoms with E-state index in [1.54, 1.807) is 11.1 Å². The first-order chi connectivity index (χ1) is 10.4. The maximum Gasteiger partial charge on any atom is 0.516 e. The van der Waals surface area contributed by atoms with Crippen molar-refractivity contribution >= 4 is 12.1 Å². The summed E-state index contributed by atoms with van der Waals surface area (Å²) in [6.45, 7) is 7.93. The smallest absolute Gasteiger partial charge is 0.429 e. The lowest BCUT2D eigenvalue weighted by Gasteiger charge is -2.34. The van der Waals surface area contributed by atoms with Gasteiger partial charge in [0.1, 0.15) is 6.61 Å². The van der Waals surface area contributed by atoms with Gasteiger partial charge < -0.3 is 9.47 Å². The molecule has 1 fully saturated rings. The number of rotatable bonds is 3. The van der Waals surface area contributed by atoms with Crippen LogP contribution in [0.2, 0.25) is 0 Å². The van der Waals surface area contributed by atoms with Crippen LogP contribution >= 0.6 is 0 Å². The van der Waals surface area contributed by atoms with E-state index in [1.807, 2.05) is 6.92 Å². The zero-order valence-corrected chi connectivity index (χ0v) is 14.0. The number of fused-ring (bicyclic) bond motifs is 1. The lowest BCUT2D eigenvalue weighted by Crippen LogP contribution is -2.23. The molecule has 0 aromatic rings. The molecule has 0 radical (unpaired) electrons. The van der Waals surface area contributed by atoms with Gasteiger partial charge in [-0.15, -0.1) is 0 Å². The molecule has 1 saturated carbocycles. The Balaban J connectivity index is 1.97. The van der Waals surface area contributed by atoms with Crippen LogP contribution in [-0.2, 0) is 14.3 Å². The summed E-state index contributed by atoms with van der Waals surface area (Å²) in [5, 5.41) is 0. The van der Waals surface area contributed by atoms with Crippen LogP contribution in [0.4, 0.5) is 4.79 Å². The van der Waals surface area contributed by atoms with Gasteiger partial charge in [-0.05, 0) is 62.9 Å². The Morgan fingerprint density at radius 3 is 2.64 bits per heavy atom. The average Bonchev–Trinajstić information content (AvgIpc) is 2.82. The third kappa shape index (κ3) is 3.99. The number of carbonyl (C=O) groups excluding carboxylic acids is 2. The summed E-state index contributed by atoms with van der Waals surface area (Å²) in [5.74, 6) is 1.32. The van der Waals surface area contributed by atoms with Crippen LogP contribution in [0, 0.1) is 17.8 Å². The molecule has 0 aliphatic heterocycles. The highest BCUT2D eigenvalue weighted by molar-refractivity contribution is 5.79. The van der Waals surface area contributed by atoms with E-state index in [-0.39, 0.29) is 6.61 Å². The van der Waals surface area contributed by atoms with E-state index in [2.05, 4.69) is 24.7 Å². The normalized spacial score (nSPS) is 28.4. The fourth-order valence-electron chi connectivity index (χ4n) is 3.85. The van der Waals surface area contributed by atoms with Crippen molar-refractivity contribution < 1.29 is 19.1 Å². The molecule has 0 bridgehead atoms. The second kappa shape index (κ2) is 7.12. The Bertz CT molecular complexity index is 515. The molecule has 0 aromatic carbocycles. The van der Waals surface area contributed by atoms with Gasteiger partial charge in [0.25, 0.3) is 0 Å². The molecule has 0 saturated heterocycles. The van der Waals surface area contributed by atoms with E-state index >= 15 is 0 Å². The molecule has 0 spiro atoms. The largest absolute Gasteiger partial charge is 0.516 e. The molecular formula is C18H26O4. The van der Waals surface area contributed by atoms with Crippen LogP contribution in [0.1, 0.15) is 53.4 Å². The number of hydrogen-bond acceptors (Lipinski definition) is 4. The Morgan fingerprint density at radius 2 is 1.95 bits per heavy atom.